The molecule has 1 N–H and O–H groups in total. The van der Waals surface area contributed by atoms with Gasteiger partial charge in [-0.25, -0.2) is 9.67 Å². The zero-order valence-electron chi connectivity index (χ0n) is 16.7. The molecule has 8 nitrogen and oxygen atoms in total. The monoisotopic (exact) mass is 391 g/mol. The molecule has 4 rings (SSSR count). The number of benzene rings is 1. The fourth-order valence-corrected chi connectivity index (χ4v) is 3.68. The van der Waals surface area contributed by atoms with Crippen LogP contribution in [-0.4, -0.2) is 44.0 Å². The van der Waals surface area contributed by atoms with Crippen molar-refractivity contribution in [3.63, 3.8) is 0 Å². The van der Waals surface area contributed by atoms with Crippen LogP contribution >= 0.6 is 0 Å². The van der Waals surface area contributed by atoms with Gasteiger partial charge in [-0.1, -0.05) is 32.0 Å². The van der Waals surface area contributed by atoms with Crippen molar-refractivity contribution in [2.24, 2.45) is 5.92 Å². The SMILES string of the molecule is CC(C)c1ccccc1NC(=O)[C@@H]1CCCN(c2ccc(-n3cncn3)nn2)C1. The van der Waals surface area contributed by atoms with Crippen LogP contribution in [0.1, 0.15) is 38.2 Å². The van der Waals surface area contributed by atoms with Crippen LogP contribution < -0.4 is 10.2 Å². The molecular weight excluding hydrogens is 366 g/mol. The molecular formula is C21H25N7O. The second-order valence-electron chi connectivity index (χ2n) is 7.61. The molecule has 1 amide bonds. The van der Waals surface area contributed by atoms with Gasteiger partial charge in [0.25, 0.3) is 0 Å². The number of nitrogens with zero attached hydrogens (tertiary/aromatic N) is 6. The van der Waals surface area contributed by atoms with Gasteiger partial charge < -0.3 is 10.2 Å². The Labute approximate surface area is 170 Å². The molecule has 0 aliphatic carbocycles. The van der Waals surface area contributed by atoms with Crippen molar-refractivity contribution in [3.8, 4) is 5.82 Å². The number of piperidine rings is 1. The quantitative estimate of drug-likeness (QED) is 0.719. The number of rotatable bonds is 5. The van der Waals surface area contributed by atoms with E-state index in [2.05, 4.69) is 50.4 Å². The van der Waals surface area contributed by atoms with E-state index >= 15 is 0 Å². The van der Waals surface area contributed by atoms with Crippen molar-refractivity contribution in [1.29, 1.82) is 0 Å². The van der Waals surface area contributed by atoms with Crippen LogP contribution in [0, 0.1) is 5.92 Å². The highest BCUT2D eigenvalue weighted by Gasteiger charge is 2.27. The molecule has 2 aromatic heterocycles. The first-order chi connectivity index (χ1) is 14.1. The Balaban J connectivity index is 1.44. The molecule has 0 bridgehead atoms. The van der Waals surface area contributed by atoms with E-state index in [0.29, 0.717) is 18.3 Å². The number of aromatic nitrogens is 5. The van der Waals surface area contributed by atoms with E-state index in [9.17, 15) is 4.79 Å². The Bertz CT molecular complexity index is 953. The summed E-state index contributed by atoms with van der Waals surface area (Å²) in [5.74, 6) is 1.72. The third-order valence-corrected chi connectivity index (χ3v) is 5.25. The zero-order chi connectivity index (χ0) is 20.2. The van der Waals surface area contributed by atoms with Crippen molar-refractivity contribution in [2.45, 2.75) is 32.6 Å². The molecule has 150 valence electrons. The van der Waals surface area contributed by atoms with Crippen LogP contribution in [0.25, 0.3) is 5.82 Å². The molecule has 3 aromatic rings. The van der Waals surface area contributed by atoms with Gasteiger partial charge in [0.15, 0.2) is 11.6 Å². The molecule has 0 radical (unpaired) electrons. The van der Waals surface area contributed by atoms with Gasteiger partial charge in [0.2, 0.25) is 5.91 Å². The van der Waals surface area contributed by atoms with Crippen molar-refractivity contribution >= 4 is 17.4 Å². The fraction of sp³-hybridized carbons (Fsp3) is 0.381. The third-order valence-electron chi connectivity index (χ3n) is 5.25. The lowest BCUT2D eigenvalue weighted by Gasteiger charge is -2.32. The highest BCUT2D eigenvalue weighted by molar-refractivity contribution is 5.93. The normalized spacial score (nSPS) is 16.8. The molecule has 3 heterocycles. The van der Waals surface area contributed by atoms with Crippen LogP contribution in [0.3, 0.4) is 0 Å². The van der Waals surface area contributed by atoms with Gasteiger partial charge in [0, 0.05) is 18.8 Å². The molecule has 29 heavy (non-hydrogen) atoms. The fourth-order valence-electron chi connectivity index (χ4n) is 3.68. The minimum atomic E-state index is -0.0826. The maximum Gasteiger partial charge on any atom is 0.229 e. The number of hydrogen-bond acceptors (Lipinski definition) is 6. The summed E-state index contributed by atoms with van der Waals surface area (Å²) < 4.78 is 1.56. The van der Waals surface area contributed by atoms with E-state index in [4.69, 9.17) is 0 Å². The summed E-state index contributed by atoms with van der Waals surface area (Å²) >= 11 is 0. The smallest absolute Gasteiger partial charge is 0.229 e. The molecule has 0 spiro atoms. The molecule has 8 heteroatoms. The maximum atomic E-state index is 12.9. The van der Waals surface area contributed by atoms with E-state index in [-0.39, 0.29) is 11.8 Å². The molecule has 1 aromatic carbocycles. The Kier molecular flexibility index (Phi) is 5.50. The van der Waals surface area contributed by atoms with Crippen molar-refractivity contribution < 1.29 is 4.79 Å². The van der Waals surface area contributed by atoms with E-state index in [0.717, 1.165) is 36.5 Å². The summed E-state index contributed by atoms with van der Waals surface area (Å²) in [6, 6.07) is 11.8. The van der Waals surface area contributed by atoms with E-state index < -0.39 is 0 Å². The zero-order valence-corrected chi connectivity index (χ0v) is 16.7. The minimum Gasteiger partial charge on any atom is -0.354 e. The average molecular weight is 391 g/mol. The van der Waals surface area contributed by atoms with Crippen LogP contribution in [0.15, 0.2) is 49.1 Å². The van der Waals surface area contributed by atoms with Crippen molar-refractivity contribution in [3.05, 3.63) is 54.6 Å². The van der Waals surface area contributed by atoms with Crippen LogP contribution in [0.2, 0.25) is 0 Å². The summed E-state index contributed by atoms with van der Waals surface area (Å²) in [6.07, 6.45) is 4.86. The minimum absolute atomic E-state index is 0.0648. The largest absolute Gasteiger partial charge is 0.354 e. The summed E-state index contributed by atoms with van der Waals surface area (Å²) in [7, 11) is 0. The number of carbonyl (C=O) groups is 1. The van der Waals surface area contributed by atoms with Gasteiger partial charge >= 0.3 is 0 Å². The highest BCUT2D eigenvalue weighted by Crippen LogP contribution is 2.26. The van der Waals surface area contributed by atoms with Crippen molar-refractivity contribution in [1.82, 2.24) is 25.0 Å². The molecule has 0 unspecified atom stereocenters. The summed E-state index contributed by atoms with van der Waals surface area (Å²) in [5, 5.41) is 15.8. The predicted octanol–water partition coefficient (Wildman–Crippen LogP) is 3.04. The lowest BCUT2D eigenvalue weighted by atomic mass is 9.96. The number of nitrogens with one attached hydrogen (secondary N) is 1. The predicted molar refractivity (Wildman–Crippen MR) is 111 cm³/mol. The van der Waals surface area contributed by atoms with Gasteiger partial charge in [0.05, 0.1) is 5.92 Å². The summed E-state index contributed by atoms with van der Waals surface area (Å²) in [5.41, 5.74) is 2.06. The molecule has 1 saturated heterocycles. The lowest BCUT2D eigenvalue weighted by molar-refractivity contribution is -0.120. The first-order valence-corrected chi connectivity index (χ1v) is 9.95. The number of para-hydroxylation sites is 1. The van der Waals surface area contributed by atoms with Crippen molar-refractivity contribution in [2.75, 3.05) is 23.3 Å². The molecule has 1 fully saturated rings. The van der Waals surface area contributed by atoms with Gasteiger partial charge in [-0.2, -0.15) is 5.10 Å². The Morgan fingerprint density at radius 2 is 1.93 bits per heavy atom. The summed E-state index contributed by atoms with van der Waals surface area (Å²) in [6.45, 7) is 5.76. The average Bonchev–Trinajstić information content (AvgIpc) is 3.29. The van der Waals surface area contributed by atoms with E-state index in [1.54, 1.807) is 11.0 Å². The number of amides is 1. The Hall–Kier alpha value is -3.29. The van der Waals surface area contributed by atoms with E-state index in [1.807, 2.05) is 30.3 Å². The first-order valence-electron chi connectivity index (χ1n) is 9.95. The molecule has 1 aliphatic rings. The maximum absolute atomic E-state index is 12.9. The van der Waals surface area contributed by atoms with Gasteiger partial charge in [-0.15, -0.1) is 10.2 Å². The topological polar surface area (TPSA) is 88.8 Å². The molecule has 1 atom stereocenters. The first kappa shape index (κ1) is 19.0. The summed E-state index contributed by atoms with van der Waals surface area (Å²) in [4.78, 5) is 19.0. The number of carbonyl (C=O) groups excluding carboxylic acids is 1. The second kappa shape index (κ2) is 8.38. The second-order valence-corrected chi connectivity index (χ2v) is 7.61. The van der Waals surface area contributed by atoms with Gasteiger partial charge in [0.1, 0.15) is 12.7 Å². The van der Waals surface area contributed by atoms with Crippen LogP contribution in [-0.2, 0) is 4.79 Å². The lowest BCUT2D eigenvalue weighted by Crippen LogP contribution is -2.41. The van der Waals surface area contributed by atoms with Crippen LogP contribution in [0.4, 0.5) is 11.5 Å². The van der Waals surface area contributed by atoms with Gasteiger partial charge in [-0.3, -0.25) is 4.79 Å². The number of anilines is 2. The third kappa shape index (κ3) is 4.26. The highest BCUT2D eigenvalue weighted by atomic mass is 16.1. The standard InChI is InChI=1S/C21H25N7O/c1-15(2)17-7-3-4-8-18(17)24-21(29)16-6-5-11-27(12-16)19-9-10-20(26-25-19)28-14-22-13-23-28/h3-4,7-10,13-16H,5-6,11-12H2,1-2H3,(H,24,29)/t16-/m1/s1. The van der Waals surface area contributed by atoms with E-state index in [1.165, 1.54) is 6.33 Å². The van der Waals surface area contributed by atoms with Gasteiger partial charge in [-0.05, 0) is 42.5 Å². The Morgan fingerprint density at radius 1 is 1.14 bits per heavy atom. The number of hydrogen-bond donors (Lipinski definition) is 1. The molecule has 1 aliphatic heterocycles. The Morgan fingerprint density at radius 3 is 2.66 bits per heavy atom. The molecule has 0 saturated carbocycles. The van der Waals surface area contributed by atoms with Crippen LogP contribution in [0.5, 0.6) is 0 Å².